The van der Waals surface area contributed by atoms with Crippen molar-refractivity contribution in [2.24, 2.45) is 0 Å². The number of rotatable bonds is 6. The van der Waals surface area contributed by atoms with Crippen molar-refractivity contribution in [3.05, 3.63) is 71.4 Å². The molecule has 3 heterocycles. The summed E-state index contributed by atoms with van der Waals surface area (Å²) in [5.41, 5.74) is 5.33. The summed E-state index contributed by atoms with van der Waals surface area (Å²) in [6.45, 7) is 5.25. The third-order valence-corrected chi connectivity index (χ3v) is 5.88. The van der Waals surface area contributed by atoms with E-state index < -0.39 is 0 Å². The number of benzene rings is 1. The molecule has 5 rings (SSSR count). The molecule has 6 nitrogen and oxygen atoms in total. The molecule has 0 bridgehead atoms. The first-order valence-electron chi connectivity index (χ1n) is 10.9. The lowest BCUT2D eigenvalue weighted by Crippen LogP contribution is -2.42. The third-order valence-electron chi connectivity index (χ3n) is 5.88. The van der Waals surface area contributed by atoms with Gasteiger partial charge in [-0.15, -0.1) is 0 Å². The van der Waals surface area contributed by atoms with E-state index in [1.807, 2.05) is 0 Å². The minimum Gasteiger partial charge on any atom is -0.325 e. The molecule has 0 amide bonds. The second kappa shape index (κ2) is 8.84. The molecule has 1 saturated heterocycles. The largest absolute Gasteiger partial charge is 0.325 e. The first-order chi connectivity index (χ1) is 15.3. The summed E-state index contributed by atoms with van der Waals surface area (Å²) in [5, 5.41) is 15.9. The Labute approximate surface area is 183 Å². The zero-order valence-corrected chi connectivity index (χ0v) is 17.5. The van der Waals surface area contributed by atoms with Crippen LogP contribution in [0.2, 0.25) is 0 Å². The van der Waals surface area contributed by atoms with Crippen molar-refractivity contribution < 1.29 is 0 Å². The summed E-state index contributed by atoms with van der Waals surface area (Å²) in [6, 6.07) is 18.7. The molecule has 0 unspecified atom stereocenters. The molecule has 1 saturated carbocycles. The molecule has 0 spiro atoms. The van der Waals surface area contributed by atoms with Crippen LogP contribution in [-0.2, 0) is 6.54 Å². The Balaban J connectivity index is 1.43. The standard InChI is InChI=1S/C25H26N6/c26-16-18-6-7-28-24(13-18)30-25-15-22(20-4-5-20)14-23(29-25)21-3-1-2-19(12-21)17-31-10-8-27-9-11-31/h1-3,6-7,12-15,20,27H,4-5,8-11,17H2,(H,28,29,30). The number of nitrogens with one attached hydrogen (secondary N) is 2. The molecular weight excluding hydrogens is 384 g/mol. The Kier molecular flexibility index (Phi) is 5.61. The molecule has 0 radical (unpaired) electrons. The number of piperazine rings is 1. The van der Waals surface area contributed by atoms with Gasteiger partial charge in [0.05, 0.1) is 17.3 Å². The average molecular weight is 411 g/mol. The number of hydrogen-bond donors (Lipinski definition) is 2. The summed E-state index contributed by atoms with van der Waals surface area (Å²) in [7, 11) is 0. The average Bonchev–Trinajstić information content (AvgIpc) is 3.66. The van der Waals surface area contributed by atoms with Gasteiger partial charge in [0.15, 0.2) is 0 Å². The van der Waals surface area contributed by atoms with Crippen molar-refractivity contribution in [1.29, 1.82) is 5.26 Å². The molecule has 1 aromatic carbocycles. The molecule has 2 N–H and O–H groups in total. The van der Waals surface area contributed by atoms with E-state index in [1.54, 1.807) is 18.3 Å². The number of pyridine rings is 2. The summed E-state index contributed by atoms with van der Waals surface area (Å²) in [4.78, 5) is 11.7. The van der Waals surface area contributed by atoms with E-state index in [2.05, 4.69) is 63.0 Å². The van der Waals surface area contributed by atoms with Crippen LogP contribution >= 0.6 is 0 Å². The highest BCUT2D eigenvalue weighted by atomic mass is 15.2. The van der Waals surface area contributed by atoms with Crippen LogP contribution in [0.15, 0.2) is 54.7 Å². The monoisotopic (exact) mass is 410 g/mol. The Morgan fingerprint density at radius 1 is 1.06 bits per heavy atom. The highest BCUT2D eigenvalue weighted by Crippen LogP contribution is 2.42. The van der Waals surface area contributed by atoms with Crippen LogP contribution in [0.4, 0.5) is 11.6 Å². The van der Waals surface area contributed by atoms with E-state index in [0.29, 0.717) is 17.3 Å². The van der Waals surface area contributed by atoms with Gasteiger partial charge >= 0.3 is 0 Å². The molecule has 2 aliphatic rings. The number of hydrogen-bond acceptors (Lipinski definition) is 6. The van der Waals surface area contributed by atoms with Gasteiger partial charge in [-0.2, -0.15) is 5.26 Å². The highest BCUT2D eigenvalue weighted by Gasteiger charge is 2.25. The number of nitriles is 1. The molecular formula is C25H26N6. The van der Waals surface area contributed by atoms with Crippen molar-refractivity contribution >= 4 is 11.6 Å². The molecule has 0 atom stereocenters. The lowest BCUT2D eigenvalue weighted by atomic mass is 10.0. The lowest BCUT2D eigenvalue weighted by molar-refractivity contribution is 0.233. The predicted molar refractivity (Wildman–Crippen MR) is 122 cm³/mol. The number of anilines is 2. The van der Waals surface area contributed by atoms with E-state index in [4.69, 9.17) is 10.2 Å². The SMILES string of the molecule is N#Cc1ccnc(Nc2cc(C3CC3)cc(-c3cccc(CN4CCNCC4)c3)n2)c1. The Morgan fingerprint density at radius 2 is 1.94 bits per heavy atom. The van der Waals surface area contributed by atoms with Crippen LogP contribution in [0.5, 0.6) is 0 Å². The fourth-order valence-electron chi connectivity index (χ4n) is 4.07. The van der Waals surface area contributed by atoms with Crippen molar-refractivity contribution in [3.63, 3.8) is 0 Å². The van der Waals surface area contributed by atoms with Gasteiger partial charge in [0.25, 0.3) is 0 Å². The van der Waals surface area contributed by atoms with Crippen molar-refractivity contribution in [3.8, 4) is 17.3 Å². The maximum absolute atomic E-state index is 9.16. The first-order valence-corrected chi connectivity index (χ1v) is 10.9. The second-order valence-electron chi connectivity index (χ2n) is 8.34. The minimum atomic E-state index is 0.580. The molecule has 3 aromatic rings. The molecule has 2 fully saturated rings. The topological polar surface area (TPSA) is 76.9 Å². The summed E-state index contributed by atoms with van der Waals surface area (Å²) in [6.07, 6.45) is 4.11. The van der Waals surface area contributed by atoms with Crippen LogP contribution in [0.25, 0.3) is 11.3 Å². The quantitative estimate of drug-likeness (QED) is 0.639. The Morgan fingerprint density at radius 3 is 2.74 bits per heavy atom. The lowest BCUT2D eigenvalue weighted by Gasteiger charge is -2.27. The van der Waals surface area contributed by atoms with E-state index in [0.717, 1.165) is 49.8 Å². The van der Waals surface area contributed by atoms with Gasteiger partial charge in [0.1, 0.15) is 11.6 Å². The minimum absolute atomic E-state index is 0.580. The van der Waals surface area contributed by atoms with Crippen molar-refractivity contribution in [2.75, 3.05) is 31.5 Å². The smallest absolute Gasteiger partial charge is 0.132 e. The summed E-state index contributed by atoms with van der Waals surface area (Å²) < 4.78 is 0. The van der Waals surface area contributed by atoms with Crippen LogP contribution in [0.1, 0.15) is 35.4 Å². The van der Waals surface area contributed by atoms with Gasteiger partial charge in [0, 0.05) is 44.5 Å². The van der Waals surface area contributed by atoms with E-state index in [-0.39, 0.29) is 0 Å². The highest BCUT2D eigenvalue weighted by molar-refractivity contribution is 5.66. The molecule has 1 aliphatic carbocycles. The second-order valence-corrected chi connectivity index (χ2v) is 8.34. The zero-order chi connectivity index (χ0) is 21.0. The predicted octanol–water partition coefficient (Wildman–Crippen LogP) is 4.04. The van der Waals surface area contributed by atoms with Crippen LogP contribution in [0.3, 0.4) is 0 Å². The Bertz CT molecular complexity index is 1110. The zero-order valence-electron chi connectivity index (χ0n) is 17.5. The molecule has 2 aromatic heterocycles. The van der Waals surface area contributed by atoms with Crippen molar-refractivity contribution in [1.82, 2.24) is 20.2 Å². The number of nitrogens with zero attached hydrogens (tertiary/aromatic N) is 4. The van der Waals surface area contributed by atoms with Crippen LogP contribution in [0, 0.1) is 11.3 Å². The van der Waals surface area contributed by atoms with Gasteiger partial charge in [-0.25, -0.2) is 9.97 Å². The molecule has 1 aliphatic heterocycles. The first kappa shape index (κ1) is 19.7. The molecule has 156 valence electrons. The molecule has 6 heteroatoms. The van der Waals surface area contributed by atoms with Crippen LogP contribution in [-0.4, -0.2) is 41.0 Å². The summed E-state index contributed by atoms with van der Waals surface area (Å²) >= 11 is 0. The normalized spacial score (nSPS) is 16.6. The van der Waals surface area contributed by atoms with E-state index >= 15 is 0 Å². The number of aromatic nitrogens is 2. The van der Waals surface area contributed by atoms with Crippen LogP contribution < -0.4 is 10.6 Å². The molecule has 31 heavy (non-hydrogen) atoms. The fraction of sp³-hybridized carbons (Fsp3) is 0.320. The van der Waals surface area contributed by atoms with Crippen molar-refractivity contribution in [2.45, 2.75) is 25.3 Å². The van der Waals surface area contributed by atoms with Gasteiger partial charge in [-0.05, 0) is 60.2 Å². The van der Waals surface area contributed by atoms with Gasteiger partial charge < -0.3 is 10.6 Å². The van der Waals surface area contributed by atoms with Gasteiger partial charge in [-0.1, -0.05) is 18.2 Å². The third kappa shape index (κ3) is 4.91. The van der Waals surface area contributed by atoms with E-state index in [9.17, 15) is 0 Å². The summed E-state index contributed by atoms with van der Waals surface area (Å²) in [5.74, 6) is 2.03. The van der Waals surface area contributed by atoms with Gasteiger partial charge in [0.2, 0.25) is 0 Å². The van der Waals surface area contributed by atoms with E-state index in [1.165, 1.54) is 24.0 Å². The Hall–Kier alpha value is -3.27. The van der Waals surface area contributed by atoms with Gasteiger partial charge in [-0.3, -0.25) is 4.90 Å². The fourth-order valence-corrected chi connectivity index (χ4v) is 4.07. The maximum atomic E-state index is 9.16. The maximum Gasteiger partial charge on any atom is 0.132 e.